The first-order valence-corrected chi connectivity index (χ1v) is 6.80. The molecule has 110 valence electrons. The molecule has 0 aliphatic carbocycles. The molecule has 0 unspecified atom stereocenters. The molecule has 0 atom stereocenters. The van der Waals surface area contributed by atoms with Gasteiger partial charge in [-0.25, -0.2) is 9.18 Å². The standard InChI is InChI=1S/C16H18FN3O/c17-13-7-9-14(10-8-13)19-16(21)20(12-4-11-18)15-5-2-1-3-6-15/h1-3,5-10H,4,11-12,18H2,(H,19,21). The molecule has 2 aromatic rings. The van der Waals surface area contributed by atoms with Crippen LogP contribution in [0.15, 0.2) is 54.6 Å². The van der Waals surface area contributed by atoms with Gasteiger partial charge in [0.2, 0.25) is 0 Å². The first kappa shape index (κ1) is 15.0. The summed E-state index contributed by atoms with van der Waals surface area (Å²) < 4.78 is 12.9. The molecule has 0 aromatic heterocycles. The van der Waals surface area contributed by atoms with Crippen LogP contribution < -0.4 is 16.0 Å². The van der Waals surface area contributed by atoms with E-state index >= 15 is 0 Å². The number of hydrogen-bond acceptors (Lipinski definition) is 2. The van der Waals surface area contributed by atoms with Gasteiger partial charge in [0, 0.05) is 17.9 Å². The molecule has 0 saturated carbocycles. The number of carbonyl (C=O) groups is 1. The molecular weight excluding hydrogens is 269 g/mol. The fourth-order valence-corrected chi connectivity index (χ4v) is 1.93. The number of para-hydroxylation sites is 1. The summed E-state index contributed by atoms with van der Waals surface area (Å²) in [6.45, 7) is 1.03. The minimum atomic E-state index is -0.337. The van der Waals surface area contributed by atoms with Crippen molar-refractivity contribution in [2.45, 2.75) is 6.42 Å². The molecule has 2 aromatic carbocycles. The van der Waals surface area contributed by atoms with Crippen molar-refractivity contribution in [1.82, 2.24) is 0 Å². The molecule has 0 bridgehead atoms. The molecule has 0 heterocycles. The second kappa shape index (κ2) is 7.40. The third-order valence-electron chi connectivity index (χ3n) is 2.99. The van der Waals surface area contributed by atoms with Crippen molar-refractivity contribution in [1.29, 1.82) is 0 Å². The van der Waals surface area contributed by atoms with E-state index in [1.807, 2.05) is 30.3 Å². The Balaban J connectivity index is 2.12. The van der Waals surface area contributed by atoms with Crippen LogP contribution >= 0.6 is 0 Å². The summed E-state index contributed by atoms with van der Waals surface area (Å²) >= 11 is 0. The highest BCUT2D eigenvalue weighted by atomic mass is 19.1. The first-order valence-electron chi connectivity index (χ1n) is 6.80. The van der Waals surface area contributed by atoms with Crippen LogP contribution in [0.25, 0.3) is 0 Å². The number of anilines is 2. The highest BCUT2D eigenvalue weighted by Crippen LogP contribution is 2.16. The summed E-state index contributed by atoms with van der Waals surface area (Å²) in [5, 5.41) is 2.76. The van der Waals surface area contributed by atoms with Crippen molar-refractivity contribution in [2.75, 3.05) is 23.3 Å². The quantitative estimate of drug-likeness (QED) is 0.887. The van der Waals surface area contributed by atoms with Gasteiger partial charge in [0.1, 0.15) is 5.82 Å². The van der Waals surface area contributed by atoms with Crippen LogP contribution in [0.5, 0.6) is 0 Å². The van der Waals surface area contributed by atoms with Gasteiger partial charge in [-0.05, 0) is 49.4 Å². The van der Waals surface area contributed by atoms with E-state index in [-0.39, 0.29) is 11.8 Å². The van der Waals surface area contributed by atoms with Crippen LogP contribution in [0.4, 0.5) is 20.6 Å². The van der Waals surface area contributed by atoms with Crippen molar-refractivity contribution in [3.8, 4) is 0 Å². The Morgan fingerprint density at radius 2 is 1.76 bits per heavy atom. The fraction of sp³-hybridized carbons (Fsp3) is 0.188. The summed E-state index contributed by atoms with van der Waals surface area (Å²) in [4.78, 5) is 14.0. The Labute approximate surface area is 123 Å². The zero-order chi connectivity index (χ0) is 15.1. The number of nitrogens with two attached hydrogens (primary N) is 1. The summed E-state index contributed by atoms with van der Waals surface area (Å²) in [5.74, 6) is -0.337. The Morgan fingerprint density at radius 3 is 2.38 bits per heavy atom. The zero-order valence-electron chi connectivity index (χ0n) is 11.6. The molecular formula is C16H18FN3O. The lowest BCUT2D eigenvalue weighted by atomic mass is 10.2. The molecule has 0 spiro atoms. The number of amides is 2. The number of carbonyl (C=O) groups excluding carboxylic acids is 1. The van der Waals surface area contributed by atoms with Gasteiger partial charge < -0.3 is 11.1 Å². The molecule has 0 aliphatic rings. The number of benzene rings is 2. The first-order chi connectivity index (χ1) is 10.2. The average Bonchev–Trinajstić information content (AvgIpc) is 2.51. The number of rotatable bonds is 5. The molecule has 0 radical (unpaired) electrons. The molecule has 5 heteroatoms. The van der Waals surface area contributed by atoms with E-state index in [2.05, 4.69) is 5.32 Å². The lowest BCUT2D eigenvalue weighted by molar-refractivity contribution is 0.257. The lowest BCUT2D eigenvalue weighted by Gasteiger charge is -2.23. The summed E-state index contributed by atoms with van der Waals surface area (Å²) in [6.07, 6.45) is 0.700. The predicted molar refractivity (Wildman–Crippen MR) is 82.9 cm³/mol. The van der Waals surface area contributed by atoms with E-state index in [4.69, 9.17) is 5.73 Å². The molecule has 2 amide bonds. The highest BCUT2D eigenvalue weighted by Gasteiger charge is 2.15. The molecule has 4 nitrogen and oxygen atoms in total. The number of hydrogen-bond donors (Lipinski definition) is 2. The normalized spacial score (nSPS) is 10.2. The zero-order valence-corrected chi connectivity index (χ0v) is 11.6. The number of nitrogens with one attached hydrogen (secondary N) is 1. The minimum Gasteiger partial charge on any atom is -0.330 e. The predicted octanol–water partition coefficient (Wildman–Crippen LogP) is 3.21. The molecule has 0 fully saturated rings. The summed E-state index contributed by atoms with van der Waals surface area (Å²) in [7, 11) is 0. The molecule has 0 saturated heterocycles. The maximum atomic E-state index is 12.9. The second-order valence-corrected chi connectivity index (χ2v) is 4.57. The monoisotopic (exact) mass is 287 g/mol. The molecule has 2 rings (SSSR count). The van der Waals surface area contributed by atoms with Gasteiger partial charge in [0.25, 0.3) is 0 Å². The second-order valence-electron chi connectivity index (χ2n) is 4.57. The number of nitrogens with zero attached hydrogens (tertiary/aromatic N) is 1. The third-order valence-corrected chi connectivity index (χ3v) is 2.99. The smallest absolute Gasteiger partial charge is 0.326 e. The van der Waals surface area contributed by atoms with Gasteiger partial charge >= 0.3 is 6.03 Å². The minimum absolute atomic E-state index is 0.263. The SMILES string of the molecule is NCCCN(C(=O)Nc1ccc(F)cc1)c1ccccc1. The van der Waals surface area contributed by atoms with Gasteiger partial charge in [0.05, 0.1) is 0 Å². The van der Waals surface area contributed by atoms with E-state index in [0.29, 0.717) is 25.2 Å². The summed E-state index contributed by atoms with van der Waals surface area (Å²) in [5.41, 5.74) is 6.87. The van der Waals surface area contributed by atoms with Crippen molar-refractivity contribution >= 4 is 17.4 Å². The van der Waals surface area contributed by atoms with Crippen LogP contribution in [-0.4, -0.2) is 19.1 Å². The van der Waals surface area contributed by atoms with Gasteiger partial charge in [-0.1, -0.05) is 18.2 Å². The van der Waals surface area contributed by atoms with Gasteiger partial charge in [-0.3, -0.25) is 4.90 Å². The molecule has 21 heavy (non-hydrogen) atoms. The molecule has 0 aliphatic heterocycles. The maximum absolute atomic E-state index is 12.9. The van der Waals surface area contributed by atoms with Crippen LogP contribution in [0.1, 0.15) is 6.42 Å². The van der Waals surface area contributed by atoms with E-state index < -0.39 is 0 Å². The van der Waals surface area contributed by atoms with Gasteiger partial charge in [0.15, 0.2) is 0 Å². The maximum Gasteiger partial charge on any atom is 0.326 e. The highest BCUT2D eigenvalue weighted by molar-refractivity contribution is 6.01. The van der Waals surface area contributed by atoms with Crippen LogP contribution in [-0.2, 0) is 0 Å². The Bertz CT molecular complexity index is 572. The van der Waals surface area contributed by atoms with Gasteiger partial charge in [-0.15, -0.1) is 0 Å². The van der Waals surface area contributed by atoms with Crippen LogP contribution in [0, 0.1) is 5.82 Å². The van der Waals surface area contributed by atoms with E-state index in [0.717, 1.165) is 5.69 Å². The van der Waals surface area contributed by atoms with Crippen LogP contribution in [0.2, 0.25) is 0 Å². The Morgan fingerprint density at radius 1 is 1.10 bits per heavy atom. The fourth-order valence-electron chi connectivity index (χ4n) is 1.93. The third kappa shape index (κ3) is 4.29. The number of halogens is 1. The number of urea groups is 1. The van der Waals surface area contributed by atoms with E-state index in [1.54, 1.807) is 4.90 Å². The van der Waals surface area contributed by atoms with Gasteiger partial charge in [-0.2, -0.15) is 0 Å². The van der Waals surface area contributed by atoms with Crippen molar-refractivity contribution in [2.24, 2.45) is 5.73 Å². The van der Waals surface area contributed by atoms with E-state index in [1.165, 1.54) is 24.3 Å². The largest absolute Gasteiger partial charge is 0.330 e. The van der Waals surface area contributed by atoms with Crippen molar-refractivity contribution < 1.29 is 9.18 Å². The summed E-state index contributed by atoms with van der Waals surface area (Å²) in [6, 6.07) is 14.8. The molecule has 3 N–H and O–H groups in total. The Hall–Kier alpha value is -2.40. The topological polar surface area (TPSA) is 58.4 Å². The van der Waals surface area contributed by atoms with E-state index in [9.17, 15) is 9.18 Å². The van der Waals surface area contributed by atoms with Crippen LogP contribution in [0.3, 0.4) is 0 Å². The van der Waals surface area contributed by atoms with Crippen molar-refractivity contribution in [3.63, 3.8) is 0 Å². The Kier molecular flexibility index (Phi) is 5.29. The average molecular weight is 287 g/mol. The lowest BCUT2D eigenvalue weighted by Crippen LogP contribution is -2.36. The van der Waals surface area contributed by atoms with Crippen molar-refractivity contribution in [3.05, 3.63) is 60.4 Å².